The number of anilines is 1. The molecule has 1 N–H and O–H groups in total. The van der Waals surface area contributed by atoms with Crippen molar-refractivity contribution in [1.82, 2.24) is 5.01 Å². The van der Waals surface area contributed by atoms with Gasteiger partial charge < -0.3 is 19.5 Å². The number of carbonyl (C=O) groups excluding carboxylic acids is 1. The summed E-state index contributed by atoms with van der Waals surface area (Å²) < 4.78 is 16.0. The summed E-state index contributed by atoms with van der Waals surface area (Å²) in [5.41, 5.74) is 4.60. The van der Waals surface area contributed by atoms with Crippen molar-refractivity contribution >= 4 is 29.6 Å². The Kier molecular flexibility index (Phi) is 9.80. The SMILES string of the molecule is C=CC(=O)OCCOCCOCCN(/N=C/c1cc(C)ccc1C)C1Nc2ccccc2S1. The molecule has 2 aromatic carbocycles. The van der Waals surface area contributed by atoms with Crippen LogP contribution in [-0.2, 0) is 19.0 Å². The van der Waals surface area contributed by atoms with Crippen molar-refractivity contribution in [3.05, 3.63) is 71.8 Å². The van der Waals surface area contributed by atoms with Crippen LogP contribution in [0.4, 0.5) is 5.69 Å². The lowest BCUT2D eigenvalue weighted by Gasteiger charge is -2.25. The number of hydrogen-bond donors (Lipinski definition) is 1. The van der Waals surface area contributed by atoms with Crippen LogP contribution in [0.5, 0.6) is 0 Å². The summed E-state index contributed by atoms with van der Waals surface area (Å²) in [6.45, 7) is 10.1. The largest absolute Gasteiger partial charge is 0.460 e. The van der Waals surface area contributed by atoms with E-state index < -0.39 is 5.97 Å². The normalized spacial score (nSPS) is 14.7. The average Bonchev–Trinajstić information content (AvgIpc) is 3.25. The number of para-hydroxylation sites is 1. The van der Waals surface area contributed by atoms with Gasteiger partial charge in [0, 0.05) is 11.0 Å². The van der Waals surface area contributed by atoms with Crippen LogP contribution in [-0.4, -0.2) is 62.3 Å². The third kappa shape index (κ3) is 7.92. The van der Waals surface area contributed by atoms with Gasteiger partial charge in [0.2, 0.25) is 0 Å². The molecule has 1 aliphatic heterocycles. The zero-order valence-corrected chi connectivity index (χ0v) is 20.0. The molecule has 176 valence electrons. The van der Waals surface area contributed by atoms with Crippen LogP contribution in [0, 0.1) is 13.8 Å². The molecular formula is C25H31N3O4S. The Balaban J connectivity index is 1.49. The van der Waals surface area contributed by atoms with E-state index in [4.69, 9.17) is 19.3 Å². The van der Waals surface area contributed by atoms with Gasteiger partial charge in [-0.3, -0.25) is 5.01 Å². The van der Waals surface area contributed by atoms with Gasteiger partial charge >= 0.3 is 5.97 Å². The van der Waals surface area contributed by atoms with Crippen LogP contribution in [0.15, 0.2) is 65.1 Å². The summed E-state index contributed by atoms with van der Waals surface area (Å²) in [4.78, 5) is 12.2. The number of nitrogens with one attached hydrogen (secondary N) is 1. The molecule has 2 aromatic rings. The number of aryl methyl sites for hydroxylation is 2. The average molecular weight is 470 g/mol. The zero-order chi connectivity index (χ0) is 23.5. The first-order valence-electron chi connectivity index (χ1n) is 10.9. The molecule has 0 saturated heterocycles. The van der Waals surface area contributed by atoms with Crippen molar-refractivity contribution < 1.29 is 19.0 Å². The number of esters is 1. The van der Waals surface area contributed by atoms with Crippen LogP contribution in [0.25, 0.3) is 0 Å². The van der Waals surface area contributed by atoms with Crippen LogP contribution < -0.4 is 5.32 Å². The topological polar surface area (TPSA) is 72.4 Å². The molecule has 1 unspecified atom stereocenters. The molecule has 3 rings (SSSR count). The lowest BCUT2D eigenvalue weighted by Crippen LogP contribution is -2.35. The maximum absolute atomic E-state index is 11.0. The molecular weight excluding hydrogens is 438 g/mol. The molecule has 1 atom stereocenters. The monoisotopic (exact) mass is 469 g/mol. The van der Waals surface area contributed by atoms with E-state index in [9.17, 15) is 4.79 Å². The van der Waals surface area contributed by atoms with Crippen LogP contribution in [0.1, 0.15) is 16.7 Å². The van der Waals surface area contributed by atoms with Gasteiger partial charge in [0.1, 0.15) is 6.61 Å². The fourth-order valence-corrected chi connectivity index (χ4v) is 4.24. The van der Waals surface area contributed by atoms with Gasteiger partial charge in [-0.25, -0.2) is 4.79 Å². The number of hydrogen-bond acceptors (Lipinski definition) is 8. The standard InChI is InChI=1S/C25H31N3O4S/c1-4-24(29)32-16-15-31-14-13-30-12-11-28(25-27-22-7-5-6-8-23(22)33-25)26-18-21-17-19(2)9-10-20(21)3/h4-10,17-18,25,27H,1,11-16H2,2-3H3/b26-18+. The van der Waals surface area contributed by atoms with Crippen molar-refractivity contribution in [3.8, 4) is 0 Å². The Morgan fingerprint density at radius 1 is 1.12 bits per heavy atom. The Morgan fingerprint density at radius 2 is 1.88 bits per heavy atom. The lowest BCUT2D eigenvalue weighted by atomic mass is 10.1. The van der Waals surface area contributed by atoms with Gasteiger partial charge in [-0.15, -0.1) is 0 Å². The number of thioether (sulfide) groups is 1. The summed E-state index contributed by atoms with van der Waals surface area (Å²) in [6, 6.07) is 14.6. The van der Waals surface area contributed by atoms with Crippen molar-refractivity contribution in [2.45, 2.75) is 24.2 Å². The van der Waals surface area contributed by atoms with E-state index in [-0.39, 0.29) is 12.1 Å². The van der Waals surface area contributed by atoms with E-state index in [1.54, 1.807) is 11.8 Å². The fraction of sp³-hybridized carbons (Fsp3) is 0.360. The fourth-order valence-electron chi connectivity index (χ4n) is 3.12. The number of rotatable bonds is 13. The second-order valence-electron chi connectivity index (χ2n) is 7.47. The first-order valence-corrected chi connectivity index (χ1v) is 11.8. The highest BCUT2D eigenvalue weighted by Crippen LogP contribution is 2.39. The smallest absolute Gasteiger partial charge is 0.330 e. The van der Waals surface area contributed by atoms with E-state index in [2.05, 4.69) is 56.1 Å². The Morgan fingerprint density at radius 3 is 2.67 bits per heavy atom. The summed E-state index contributed by atoms with van der Waals surface area (Å²) in [6.07, 6.45) is 3.05. The Hall–Kier alpha value is -2.81. The van der Waals surface area contributed by atoms with Crippen LogP contribution in [0.2, 0.25) is 0 Å². The van der Waals surface area contributed by atoms with Gasteiger partial charge in [-0.2, -0.15) is 5.10 Å². The molecule has 0 radical (unpaired) electrons. The van der Waals surface area contributed by atoms with Gasteiger partial charge in [0.25, 0.3) is 0 Å². The molecule has 7 nitrogen and oxygen atoms in total. The van der Waals surface area contributed by atoms with E-state index in [1.807, 2.05) is 23.4 Å². The quantitative estimate of drug-likeness (QED) is 0.155. The number of fused-ring (bicyclic) bond motifs is 1. The minimum absolute atomic E-state index is 0.0110. The van der Waals surface area contributed by atoms with Gasteiger partial charge in [-0.05, 0) is 37.1 Å². The summed E-state index contributed by atoms with van der Waals surface area (Å²) in [7, 11) is 0. The molecule has 0 aromatic heterocycles. The molecule has 0 amide bonds. The molecule has 0 fully saturated rings. The van der Waals surface area contributed by atoms with E-state index in [0.29, 0.717) is 33.0 Å². The van der Waals surface area contributed by atoms with E-state index >= 15 is 0 Å². The third-order valence-electron chi connectivity index (χ3n) is 4.93. The van der Waals surface area contributed by atoms with Crippen LogP contribution in [0.3, 0.4) is 0 Å². The Bertz CT molecular complexity index is 941. The molecule has 33 heavy (non-hydrogen) atoms. The van der Waals surface area contributed by atoms with Crippen molar-refractivity contribution in [3.63, 3.8) is 0 Å². The minimum atomic E-state index is -0.447. The molecule has 0 aliphatic carbocycles. The maximum Gasteiger partial charge on any atom is 0.330 e. The van der Waals surface area contributed by atoms with Crippen molar-refractivity contribution in [2.75, 3.05) is 44.9 Å². The highest BCUT2D eigenvalue weighted by Gasteiger charge is 2.25. The molecule has 0 bridgehead atoms. The lowest BCUT2D eigenvalue weighted by molar-refractivity contribution is -0.139. The van der Waals surface area contributed by atoms with Gasteiger partial charge in [0.05, 0.1) is 44.9 Å². The highest BCUT2D eigenvalue weighted by atomic mass is 32.2. The second-order valence-corrected chi connectivity index (χ2v) is 8.60. The zero-order valence-electron chi connectivity index (χ0n) is 19.2. The third-order valence-corrected chi connectivity index (χ3v) is 6.12. The maximum atomic E-state index is 11.0. The minimum Gasteiger partial charge on any atom is -0.460 e. The van der Waals surface area contributed by atoms with E-state index in [0.717, 1.165) is 17.3 Å². The van der Waals surface area contributed by atoms with E-state index in [1.165, 1.54) is 16.0 Å². The Labute approximate surface area is 199 Å². The second kappa shape index (κ2) is 13.0. The molecule has 8 heteroatoms. The predicted octanol–water partition coefficient (Wildman–Crippen LogP) is 4.20. The number of benzene rings is 2. The summed E-state index contributed by atoms with van der Waals surface area (Å²) >= 11 is 1.74. The first kappa shape index (κ1) is 24.8. The van der Waals surface area contributed by atoms with Crippen molar-refractivity contribution in [2.24, 2.45) is 5.10 Å². The summed E-state index contributed by atoms with van der Waals surface area (Å²) in [5.74, 6) is -0.447. The number of ether oxygens (including phenoxy) is 3. The number of nitrogens with zero attached hydrogens (tertiary/aromatic N) is 2. The molecule has 1 heterocycles. The van der Waals surface area contributed by atoms with Crippen LogP contribution >= 0.6 is 11.8 Å². The van der Waals surface area contributed by atoms with Gasteiger partial charge in [0.15, 0.2) is 5.50 Å². The predicted molar refractivity (Wildman–Crippen MR) is 133 cm³/mol. The number of hydrazone groups is 1. The molecule has 0 spiro atoms. The summed E-state index contributed by atoms with van der Waals surface area (Å²) in [5, 5.41) is 10.3. The highest BCUT2D eigenvalue weighted by molar-refractivity contribution is 8.00. The van der Waals surface area contributed by atoms with Crippen molar-refractivity contribution in [1.29, 1.82) is 0 Å². The molecule has 1 aliphatic rings. The number of carbonyl (C=O) groups is 1. The first-order chi connectivity index (χ1) is 16.1. The van der Waals surface area contributed by atoms with Gasteiger partial charge in [-0.1, -0.05) is 54.2 Å². The molecule has 0 saturated carbocycles.